The molecule has 0 aliphatic rings. The summed E-state index contributed by atoms with van der Waals surface area (Å²) in [6.45, 7) is 0. The third-order valence-electron chi connectivity index (χ3n) is 2.90. The lowest BCUT2D eigenvalue weighted by Gasteiger charge is -2.05. The Hall–Kier alpha value is -3.02. The fourth-order valence-corrected chi connectivity index (χ4v) is 1.94. The number of rotatable bonds is 3. The number of aromatic nitrogens is 3. The van der Waals surface area contributed by atoms with Gasteiger partial charge in [-0.25, -0.2) is 18.9 Å². The summed E-state index contributed by atoms with van der Waals surface area (Å²) in [5, 5.41) is 13.0. The van der Waals surface area contributed by atoms with Crippen LogP contribution in [0.5, 0.6) is 0 Å². The molecule has 0 unspecified atom stereocenters. The first kappa shape index (κ1) is 13.0. The molecule has 0 saturated heterocycles. The molecular formula is C15H10FN3O2. The molecule has 3 aromatic rings. The largest absolute Gasteiger partial charge is 0.475 e. The topological polar surface area (TPSA) is 68.0 Å². The molecule has 2 aromatic carbocycles. The molecule has 1 aromatic heterocycles. The molecule has 0 bridgehead atoms. The van der Waals surface area contributed by atoms with E-state index in [4.69, 9.17) is 5.11 Å². The minimum Gasteiger partial charge on any atom is -0.475 e. The molecular weight excluding hydrogens is 273 g/mol. The number of aromatic carboxylic acids is 1. The van der Waals surface area contributed by atoms with Crippen molar-refractivity contribution >= 4 is 5.97 Å². The Balaban J connectivity index is 2.19. The van der Waals surface area contributed by atoms with Crippen LogP contribution in [0.3, 0.4) is 0 Å². The molecule has 0 atom stereocenters. The number of nitrogens with zero attached hydrogens (tertiary/aromatic N) is 3. The quantitative estimate of drug-likeness (QED) is 0.802. The summed E-state index contributed by atoms with van der Waals surface area (Å²) in [7, 11) is 0. The van der Waals surface area contributed by atoms with Crippen molar-refractivity contribution in [1.82, 2.24) is 14.8 Å². The predicted octanol–water partition coefficient (Wildman–Crippen LogP) is 2.77. The van der Waals surface area contributed by atoms with Crippen molar-refractivity contribution in [1.29, 1.82) is 0 Å². The van der Waals surface area contributed by atoms with Crippen molar-refractivity contribution in [3.63, 3.8) is 0 Å². The molecule has 0 fully saturated rings. The van der Waals surface area contributed by atoms with Crippen LogP contribution in [0.1, 0.15) is 10.6 Å². The summed E-state index contributed by atoms with van der Waals surface area (Å²) in [6.07, 6.45) is 0. The lowest BCUT2D eigenvalue weighted by atomic mass is 10.2. The maximum absolute atomic E-state index is 13.0. The average Bonchev–Trinajstić information content (AvgIpc) is 2.94. The van der Waals surface area contributed by atoms with Gasteiger partial charge in [-0.2, -0.15) is 0 Å². The summed E-state index contributed by atoms with van der Waals surface area (Å²) < 4.78 is 14.4. The minimum absolute atomic E-state index is 0.307. The zero-order chi connectivity index (χ0) is 14.8. The highest BCUT2D eigenvalue weighted by Gasteiger charge is 2.17. The van der Waals surface area contributed by atoms with E-state index in [2.05, 4.69) is 10.1 Å². The second kappa shape index (κ2) is 5.16. The van der Waals surface area contributed by atoms with Gasteiger partial charge in [0, 0.05) is 5.56 Å². The molecule has 5 nitrogen and oxygen atoms in total. The molecule has 0 saturated carbocycles. The van der Waals surface area contributed by atoms with Gasteiger partial charge in [0.1, 0.15) is 5.82 Å². The number of carboxylic acids is 1. The lowest BCUT2D eigenvalue weighted by Crippen LogP contribution is -2.02. The van der Waals surface area contributed by atoms with Gasteiger partial charge < -0.3 is 5.11 Å². The molecule has 0 spiro atoms. The normalized spacial score (nSPS) is 10.5. The predicted molar refractivity (Wildman–Crippen MR) is 73.7 cm³/mol. The summed E-state index contributed by atoms with van der Waals surface area (Å²) >= 11 is 0. The Labute approximate surface area is 119 Å². The van der Waals surface area contributed by atoms with Gasteiger partial charge in [0.15, 0.2) is 5.82 Å². The molecule has 1 N–H and O–H groups in total. The summed E-state index contributed by atoms with van der Waals surface area (Å²) in [6, 6.07) is 14.7. The van der Waals surface area contributed by atoms with E-state index in [0.717, 1.165) is 5.56 Å². The number of halogens is 1. The maximum atomic E-state index is 13.0. The Morgan fingerprint density at radius 3 is 2.33 bits per heavy atom. The highest BCUT2D eigenvalue weighted by molar-refractivity contribution is 5.84. The number of hydrogen-bond donors (Lipinski definition) is 1. The van der Waals surface area contributed by atoms with Crippen LogP contribution < -0.4 is 0 Å². The van der Waals surface area contributed by atoms with Crippen LogP contribution in [0.15, 0.2) is 54.6 Å². The van der Waals surface area contributed by atoms with Gasteiger partial charge in [-0.05, 0) is 24.3 Å². The van der Waals surface area contributed by atoms with Gasteiger partial charge in [-0.3, -0.25) is 0 Å². The second-order valence-corrected chi connectivity index (χ2v) is 4.32. The number of carbonyl (C=O) groups is 1. The van der Waals surface area contributed by atoms with Crippen molar-refractivity contribution in [3.05, 3.63) is 66.2 Å². The minimum atomic E-state index is -1.21. The summed E-state index contributed by atoms with van der Waals surface area (Å²) in [5.74, 6) is -1.51. The highest BCUT2D eigenvalue weighted by atomic mass is 19.1. The number of carboxylic acid groups (broad SMARTS) is 1. The van der Waals surface area contributed by atoms with E-state index in [9.17, 15) is 9.18 Å². The van der Waals surface area contributed by atoms with Crippen LogP contribution in [0.2, 0.25) is 0 Å². The van der Waals surface area contributed by atoms with Crippen molar-refractivity contribution in [2.24, 2.45) is 0 Å². The standard InChI is InChI=1S/C15H10FN3O2/c16-11-6-8-12(9-7-11)19-14(10-4-2-1-3-5-10)17-13(18-19)15(20)21/h1-9H,(H,20,21). The molecule has 0 aliphatic carbocycles. The Morgan fingerprint density at radius 2 is 1.71 bits per heavy atom. The van der Waals surface area contributed by atoms with Gasteiger partial charge in [-0.1, -0.05) is 30.3 Å². The molecule has 21 heavy (non-hydrogen) atoms. The molecule has 0 radical (unpaired) electrons. The number of hydrogen-bond acceptors (Lipinski definition) is 3. The van der Waals surface area contributed by atoms with Crippen LogP contribution >= 0.6 is 0 Å². The fourth-order valence-electron chi connectivity index (χ4n) is 1.94. The van der Waals surface area contributed by atoms with Gasteiger partial charge >= 0.3 is 5.97 Å². The van der Waals surface area contributed by atoms with Crippen LogP contribution in [0.25, 0.3) is 17.1 Å². The van der Waals surface area contributed by atoms with Crippen molar-refractivity contribution in [3.8, 4) is 17.1 Å². The zero-order valence-electron chi connectivity index (χ0n) is 10.8. The third kappa shape index (κ3) is 2.51. The Kier molecular flexibility index (Phi) is 3.19. The monoisotopic (exact) mass is 283 g/mol. The van der Waals surface area contributed by atoms with Crippen LogP contribution in [0, 0.1) is 5.82 Å². The van der Waals surface area contributed by atoms with E-state index < -0.39 is 5.97 Å². The molecule has 0 amide bonds. The first-order valence-electron chi connectivity index (χ1n) is 6.17. The molecule has 6 heteroatoms. The maximum Gasteiger partial charge on any atom is 0.375 e. The smallest absolute Gasteiger partial charge is 0.375 e. The van der Waals surface area contributed by atoms with Crippen LogP contribution in [0.4, 0.5) is 4.39 Å². The molecule has 1 heterocycles. The molecule has 0 aliphatic heterocycles. The first-order valence-corrected chi connectivity index (χ1v) is 6.17. The molecule has 3 rings (SSSR count). The van der Waals surface area contributed by atoms with E-state index in [0.29, 0.717) is 11.5 Å². The highest BCUT2D eigenvalue weighted by Crippen LogP contribution is 2.21. The van der Waals surface area contributed by atoms with E-state index in [1.165, 1.54) is 28.9 Å². The van der Waals surface area contributed by atoms with Crippen molar-refractivity contribution < 1.29 is 14.3 Å². The van der Waals surface area contributed by atoms with Gasteiger partial charge in [0.25, 0.3) is 5.82 Å². The molecule has 104 valence electrons. The number of benzene rings is 2. The van der Waals surface area contributed by atoms with E-state index in [1.807, 2.05) is 18.2 Å². The van der Waals surface area contributed by atoms with E-state index in [-0.39, 0.29) is 11.6 Å². The lowest BCUT2D eigenvalue weighted by molar-refractivity contribution is 0.0683. The Bertz CT molecular complexity index is 782. The average molecular weight is 283 g/mol. The van der Waals surface area contributed by atoms with Crippen LogP contribution in [-0.4, -0.2) is 25.8 Å². The second-order valence-electron chi connectivity index (χ2n) is 4.32. The van der Waals surface area contributed by atoms with Crippen molar-refractivity contribution in [2.45, 2.75) is 0 Å². The zero-order valence-corrected chi connectivity index (χ0v) is 10.8. The van der Waals surface area contributed by atoms with E-state index >= 15 is 0 Å². The third-order valence-corrected chi connectivity index (χ3v) is 2.90. The van der Waals surface area contributed by atoms with Gasteiger partial charge in [0.05, 0.1) is 5.69 Å². The van der Waals surface area contributed by atoms with Gasteiger partial charge in [-0.15, -0.1) is 5.10 Å². The SMILES string of the molecule is O=C(O)c1nc(-c2ccccc2)n(-c2ccc(F)cc2)n1. The van der Waals surface area contributed by atoms with Crippen molar-refractivity contribution in [2.75, 3.05) is 0 Å². The fraction of sp³-hybridized carbons (Fsp3) is 0. The van der Waals surface area contributed by atoms with E-state index in [1.54, 1.807) is 12.1 Å². The summed E-state index contributed by atoms with van der Waals surface area (Å²) in [5.41, 5.74) is 1.26. The van der Waals surface area contributed by atoms with Gasteiger partial charge in [0.2, 0.25) is 0 Å². The Morgan fingerprint density at radius 1 is 1.05 bits per heavy atom. The van der Waals surface area contributed by atoms with Crippen LogP contribution in [-0.2, 0) is 0 Å². The first-order chi connectivity index (χ1) is 10.1. The summed E-state index contributed by atoms with van der Waals surface area (Å²) in [4.78, 5) is 15.1.